The molecule has 156 valence electrons. The third-order valence-electron chi connectivity index (χ3n) is 5.55. The van der Waals surface area contributed by atoms with E-state index in [0.717, 1.165) is 45.1 Å². The molecule has 28 heavy (non-hydrogen) atoms. The molecule has 1 aromatic heterocycles. The van der Waals surface area contributed by atoms with E-state index in [1.807, 2.05) is 0 Å². The van der Waals surface area contributed by atoms with Crippen LogP contribution in [0.4, 0.5) is 4.39 Å². The summed E-state index contributed by atoms with van der Waals surface area (Å²) in [6.45, 7) is 1.07. The molecule has 1 aliphatic carbocycles. The highest BCUT2D eigenvalue weighted by Crippen LogP contribution is 2.29. The molecule has 1 N–H and O–H groups in total. The van der Waals surface area contributed by atoms with Crippen molar-refractivity contribution in [2.75, 3.05) is 27.8 Å². The summed E-state index contributed by atoms with van der Waals surface area (Å²) >= 11 is 0. The number of nitrogens with zero attached hydrogens (tertiary/aromatic N) is 2. The number of hydrogen-bond acceptors (Lipinski definition) is 6. The minimum atomic E-state index is -0.537. The number of carbonyl (C=O) groups is 1. The summed E-state index contributed by atoms with van der Waals surface area (Å²) in [5, 5.41) is 3.18. The summed E-state index contributed by atoms with van der Waals surface area (Å²) in [7, 11) is 4.90. The van der Waals surface area contributed by atoms with Crippen LogP contribution in [0.5, 0.6) is 11.8 Å². The van der Waals surface area contributed by atoms with Crippen molar-refractivity contribution in [3.05, 3.63) is 17.4 Å². The minimum absolute atomic E-state index is 0.00445. The number of halogens is 1. The van der Waals surface area contributed by atoms with E-state index in [9.17, 15) is 9.18 Å². The van der Waals surface area contributed by atoms with Crippen LogP contribution in [0, 0.1) is 5.82 Å². The Morgan fingerprint density at radius 3 is 2.54 bits per heavy atom. The monoisotopic (exact) mass is 395 g/mol. The molecule has 0 bridgehead atoms. The molecule has 3 rings (SSSR count). The summed E-state index contributed by atoms with van der Waals surface area (Å²) in [6.07, 6.45) is 5.36. The lowest BCUT2D eigenvalue weighted by Crippen LogP contribution is -2.41. The molecular weight excluding hydrogens is 365 g/mol. The number of hydrogen-bond donors (Lipinski definition) is 1. The lowest BCUT2D eigenvalue weighted by atomic mass is 9.95. The molecule has 1 saturated carbocycles. The molecule has 0 spiro atoms. The molecular formula is C20H30FN3O4. The van der Waals surface area contributed by atoms with Crippen LogP contribution in [0.1, 0.15) is 44.1 Å². The fourth-order valence-electron chi connectivity index (χ4n) is 3.90. The highest BCUT2D eigenvalue weighted by Gasteiger charge is 2.27. The first-order valence-electron chi connectivity index (χ1n) is 9.93. The van der Waals surface area contributed by atoms with Crippen LogP contribution in [0.25, 0.3) is 0 Å². The Balaban J connectivity index is 1.66. The third kappa shape index (κ3) is 4.91. The van der Waals surface area contributed by atoms with E-state index in [0.29, 0.717) is 5.56 Å². The summed E-state index contributed by atoms with van der Waals surface area (Å²) in [5.74, 6) is -0.311. The van der Waals surface area contributed by atoms with E-state index in [4.69, 9.17) is 14.2 Å². The second-order valence-corrected chi connectivity index (χ2v) is 7.54. The van der Waals surface area contributed by atoms with Gasteiger partial charge in [0.15, 0.2) is 5.82 Å². The molecule has 0 radical (unpaired) electrons. The zero-order valence-electron chi connectivity index (χ0n) is 16.9. The van der Waals surface area contributed by atoms with Crippen molar-refractivity contribution in [1.82, 2.24) is 15.2 Å². The zero-order chi connectivity index (χ0) is 20.1. The number of pyridine rings is 1. The van der Waals surface area contributed by atoms with Crippen molar-refractivity contribution in [2.24, 2.45) is 0 Å². The Labute approximate surface area is 165 Å². The predicted molar refractivity (Wildman–Crippen MR) is 102 cm³/mol. The second kappa shape index (κ2) is 9.52. The molecule has 1 atom stereocenters. The SMILES string of the molecule is COc1nc(OC2CCC(OC)CC2)c(F)cc1CN(C)C(=O)[C@@H]1CCCN1. The van der Waals surface area contributed by atoms with E-state index in [-0.39, 0.29) is 42.5 Å². The topological polar surface area (TPSA) is 72.9 Å². The summed E-state index contributed by atoms with van der Waals surface area (Å²) < 4.78 is 31.1. The average Bonchev–Trinajstić information content (AvgIpc) is 3.24. The third-order valence-corrected chi connectivity index (χ3v) is 5.55. The van der Waals surface area contributed by atoms with E-state index < -0.39 is 5.82 Å². The highest BCUT2D eigenvalue weighted by atomic mass is 19.1. The van der Waals surface area contributed by atoms with E-state index in [2.05, 4.69) is 10.3 Å². The quantitative estimate of drug-likeness (QED) is 0.764. The maximum absolute atomic E-state index is 14.6. The lowest BCUT2D eigenvalue weighted by Gasteiger charge is -2.28. The van der Waals surface area contributed by atoms with Crippen LogP contribution < -0.4 is 14.8 Å². The van der Waals surface area contributed by atoms with Gasteiger partial charge in [0, 0.05) is 19.7 Å². The van der Waals surface area contributed by atoms with Crippen LogP contribution in [0.2, 0.25) is 0 Å². The van der Waals surface area contributed by atoms with Gasteiger partial charge in [-0.05, 0) is 51.1 Å². The molecule has 0 unspecified atom stereocenters. The minimum Gasteiger partial charge on any atom is -0.481 e. The fourth-order valence-corrected chi connectivity index (χ4v) is 3.90. The van der Waals surface area contributed by atoms with Crippen molar-refractivity contribution in [3.63, 3.8) is 0 Å². The van der Waals surface area contributed by atoms with Gasteiger partial charge in [-0.2, -0.15) is 4.98 Å². The van der Waals surface area contributed by atoms with Gasteiger partial charge in [0.1, 0.15) is 6.10 Å². The summed E-state index contributed by atoms with van der Waals surface area (Å²) in [5.41, 5.74) is 0.518. The summed E-state index contributed by atoms with van der Waals surface area (Å²) in [4.78, 5) is 18.3. The molecule has 2 heterocycles. The molecule has 2 fully saturated rings. The number of ether oxygens (including phenoxy) is 3. The Kier molecular flexibility index (Phi) is 7.07. The molecule has 1 amide bonds. The van der Waals surface area contributed by atoms with Gasteiger partial charge in [-0.25, -0.2) is 4.39 Å². The molecule has 0 aromatic carbocycles. The van der Waals surface area contributed by atoms with Gasteiger partial charge in [0.25, 0.3) is 5.88 Å². The van der Waals surface area contributed by atoms with Crippen LogP contribution in [-0.4, -0.2) is 61.9 Å². The maximum Gasteiger partial charge on any atom is 0.254 e. The molecule has 1 aliphatic heterocycles. The number of nitrogens with one attached hydrogen (secondary N) is 1. The van der Waals surface area contributed by atoms with Gasteiger partial charge >= 0.3 is 0 Å². The van der Waals surface area contributed by atoms with Crippen LogP contribution in [0.15, 0.2) is 6.07 Å². The zero-order valence-corrected chi connectivity index (χ0v) is 16.9. The molecule has 8 heteroatoms. The van der Waals surface area contributed by atoms with Gasteiger partial charge in [-0.1, -0.05) is 0 Å². The predicted octanol–water partition coefficient (Wildman–Crippen LogP) is 2.28. The van der Waals surface area contributed by atoms with Crippen LogP contribution in [-0.2, 0) is 16.1 Å². The van der Waals surface area contributed by atoms with Crippen molar-refractivity contribution < 1.29 is 23.4 Å². The van der Waals surface area contributed by atoms with Crippen molar-refractivity contribution >= 4 is 5.91 Å². The van der Waals surface area contributed by atoms with E-state index in [1.54, 1.807) is 19.1 Å². The number of aromatic nitrogens is 1. The maximum atomic E-state index is 14.6. The number of rotatable bonds is 7. The molecule has 7 nitrogen and oxygen atoms in total. The van der Waals surface area contributed by atoms with Gasteiger partial charge in [0.2, 0.25) is 11.8 Å². The van der Waals surface area contributed by atoms with Crippen molar-refractivity contribution in [2.45, 2.75) is 63.3 Å². The average molecular weight is 395 g/mol. The highest BCUT2D eigenvalue weighted by molar-refractivity contribution is 5.82. The molecule has 1 saturated heterocycles. The van der Waals surface area contributed by atoms with Gasteiger partial charge in [0.05, 0.1) is 25.8 Å². The lowest BCUT2D eigenvalue weighted by molar-refractivity contribution is -0.132. The summed E-state index contributed by atoms with van der Waals surface area (Å²) in [6, 6.07) is 1.19. The largest absolute Gasteiger partial charge is 0.481 e. The molecule has 1 aromatic rings. The first kappa shape index (κ1) is 20.8. The fraction of sp³-hybridized carbons (Fsp3) is 0.700. The van der Waals surface area contributed by atoms with Gasteiger partial charge < -0.3 is 24.4 Å². The van der Waals surface area contributed by atoms with Crippen LogP contribution in [0.3, 0.4) is 0 Å². The Morgan fingerprint density at radius 2 is 1.93 bits per heavy atom. The van der Waals surface area contributed by atoms with Crippen molar-refractivity contribution in [1.29, 1.82) is 0 Å². The van der Waals surface area contributed by atoms with E-state index in [1.165, 1.54) is 13.2 Å². The number of likely N-dealkylation sites (N-methyl/N-ethyl adjacent to an activating group) is 1. The first-order valence-corrected chi connectivity index (χ1v) is 9.93. The smallest absolute Gasteiger partial charge is 0.254 e. The molecule has 2 aliphatic rings. The number of methoxy groups -OCH3 is 2. The first-order chi connectivity index (χ1) is 13.5. The van der Waals surface area contributed by atoms with Gasteiger partial charge in [-0.3, -0.25) is 4.79 Å². The van der Waals surface area contributed by atoms with Gasteiger partial charge in [-0.15, -0.1) is 0 Å². The Morgan fingerprint density at radius 1 is 1.21 bits per heavy atom. The van der Waals surface area contributed by atoms with Crippen molar-refractivity contribution in [3.8, 4) is 11.8 Å². The standard InChI is InChI=1S/C20H30FN3O4/c1-24(20(25)17-5-4-10-22-17)12-13-11-16(21)19(23-18(13)27-3)28-15-8-6-14(26-2)7-9-15/h11,14-15,17,22H,4-10,12H2,1-3H3/t14?,15?,17-/m0/s1. The van der Waals surface area contributed by atoms with E-state index >= 15 is 0 Å². The number of amides is 1. The second-order valence-electron chi connectivity index (χ2n) is 7.54. The number of carbonyl (C=O) groups excluding carboxylic acids is 1. The van der Waals surface area contributed by atoms with Crippen LogP contribution >= 0.6 is 0 Å². The Hall–Kier alpha value is -1.93. The Bertz CT molecular complexity index is 674. The normalized spacial score (nSPS) is 24.8.